The number of benzene rings is 1. The number of hydrogen-bond acceptors (Lipinski definition) is 1. The summed E-state index contributed by atoms with van der Waals surface area (Å²) < 4.78 is 11.4. The van der Waals surface area contributed by atoms with Crippen LogP contribution in [0.2, 0.25) is 0 Å². The Bertz CT molecular complexity index is 162. The van der Waals surface area contributed by atoms with Crippen LogP contribution in [0, 0.1) is 0 Å². The Labute approximate surface area is 53.4 Å². The lowest BCUT2D eigenvalue weighted by Crippen LogP contribution is -1.98. The van der Waals surface area contributed by atoms with Gasteiger partial charge in [0.2, 0.25) is 0 Å². The Morgan fingerprint density at radius 3 is 2.44 bits per heavy atom. The van der Waals surface area contributed by atoms with Gasteiger partial charge in [-0.15, -0.1) is 4.48 Å². The minimum absolute atomic E-state index is 0.292. The van der Waals surface area contributed by atoms with E-state index in [0.29, 0.717) is 6.54 Å². The summed E-state index contributed by atoms with van der Waals surface area (Å²) in [5, 5.41) is 0. The molecule has 0 atom stereocenters. The first-order valence-electron chi connectivity index (χ1n) is 2.81. The molecular formula is C7H8FN. The van der Waals surface area contributed by atoms with Crippen molar-refractivity contribution < 1.29 is 4.48 Å². The van der Waals surface area contributed by atoms with Crippen LogP contribution in [0.5, 0.6) is 0 Å². The molecule has 1 aromatic rings. The molecular weight excluding hydrogens is 117 g/mol. The van der Waals surface area contributed by atoms with Crippen molar-refractivity contribution in [2.75, 3.05) is 0 Å². The first-order chi connectivity index (χ1) is 4.43. The van der Waals surface area contributed by atoms with Crippen molar-refractivity contribution in [2.24, 2.45) is 0 Å². The van der Waals surface area contributed by atoms with Crippen molar-refractivity contribution in [2.45, 2.75) is 6.54 Å². The molecule has 1 aromatic carbocycles. The van der Waals surface area contributed by atoms with Crippen molar-refractivity contribution in [3.8, 4) is 0 Å². The first-order valence-corrected chi connectivity index (χ1v) is 2.81. The summed E-state index contributed by atoms with van der Waals surface area (Å²) in [6.07, 6.45) is 0. The Morgan fingerprint density at radius 2 is 1.89 bits per heavy atom. The minimum atomic E-state index is 0.292. The molecule has 1 N–H and O–H groups in total. The summed E-state index contributed by atoms with van der Waals surface area (Å²) in [7, 11) is 0. The third kappa shape index (κ3) is 1.82. The maximum Gasteiger partial charge on any atom is 0.0510 e. The molecule has 0 spiro atoms. The topological polar surface area (TPSA) is 12.0 Å². The van der Waals surface area contributed by atoms with Gasteiger partial charge in [-0.1, -0.05) is 30.3 Å². The van der Waals surface area contributed by atoms with E-state index >= 15 is 0 Å². The summed E-state index contributed by atoms with van der Waals surface area (Å²) in [5.74, 6) is 0. The van der Waals surface area contributed by atoms with Crippen molar-refractivity contribution >= 4 is 0 Å². The summed E-state index contributed by atoms with van der Waals surface area (Å²) in [5.41, 5.74) is 2.54. The van der Waals surface area contributed by atoms with Crippen molar-refractivity contribution in [3.63, 3.8) is 0 Å². The van der Waals surface area contributed by atoms with Gasteiger partial charge in [0.05, 0.1) is 6.54 Å². The molecule has 2 heteroatoms. The van der Waals surface area contributed by atoms with E-state index in [1.807, 2.05) is 30.3 Å². The number of halogens is 1. The summed E-state index contributed by atoms with van der Waals surface area (Å²) in [6, 6.07) is 9.40. The molecule has 0 aliphatic rings. The Balaban J connectivity index is 2.61. The number of nitrogens with one attached hydrogen (secondary N) is 1. The Morgan fingerprint density at radius 1 is 1.22 bits per heavy atom. The SMILES string of the molecule is FNCc1ccccc1. The largest absolute Gasteiger partial charge is 0.155 e. The quantitative estimate of drug-likeness (QED) is 0.593. The fourth-order valence-corrected chi connectivity index (χ4v) is 0.673. The van der Waals surface area contributed by atoms with Gasteiger partial charge in [0.15, 0.2) is 0 Å². The van der Waals surface area contributed by atoms with Crippen LogP contribution in [0.4, 0.5) is 4.48 Å². The molecule has 0 amide bonds. The zero-order valence-electron chi connectivity index (χ0n) is 4.97. The van der Waals surface area contributed by atoms with E-state index in [4.69, 9.17) is 0 Å². The molecule has 0 radical (unpaired) electrons. The molecule has 0 unspecified atom stereocenters. The molecule has 0 aliphatic heterocycles. The van der Waals surface area contributed by atoms with E-state index in [9.17, 15) is 4.48 Å². The molecule has 0 aliphatic carbocycles. The van der Waals surface area contributed by atoms with E-state index < -0.39 is 0 Å². The van der Waals surface area contributed by atoms with Gasteiger partial charge in [-0.05, 0) is 5.56 Å². The number of rotatable bonds is 2. The van der Waals surface area contributed by atoms with Crippen molar-refractivity contribution in [1.29, 1.82) is 0 Å². The summed E-state index contributed by atoms with van der Waals surface area (Å²) in [4.78, 5) is 0. The average Bonchev–Trinajstić information content (AvgIpc) is 1.91. The highest BCUT2D eigenvalue weighted by atomic mass is 19.2. The molecule has 48 valence electrons. The molecule has 1 nitrogen and oxygen atoms in total. The first kappa shape index (κ1) is 6.23. The van der Waals surface area contributed by atoms with Gasteiger partial charge in [0.1, 0.15) is 0 Å². The van der Waals surface area contributed by atoms with E-state index in [1.165, 1.54) is 0 Å². The molecule has 0 fully saturated rings. The lowest BCUT2D eigenvalue weighted by atomic mass is 10.2. The normalized spacial score (nSPS) is 9.44. The molecule has 0 saturated heterocycles. The second-order valence-corrected chi connectivity index (χ2v) is 1.80. The van der Waals surface area contributed by atoms with Crippen LogP contribution in [0.15, 0.2) is 30.3 Å². The fraction of sp³-hybridized carbons (Fsp3) is 0.143. The lowest BCUT2D eigenvalue weighted by molar-refractivity contribution is 0.330. The highest BCUT2D eigenvalue weighted by Crippen LogP contribution is 1.96. The highest BCUT2D eigenvalue weighted by Gasteiger charge is 1.85. The third-order valence-electron chi connectivity index (χ3n) is 1.11. The Hall–Kier alpha value is -0.890. The number of hydrogen-bond donors (Lipinski definition) is 1. The van der Waals surface area contributed by atoms with E-state index in [0.717, 1.165) is 5.56 Å². The average molecular weight is 125 g/mol. The van der Waals surface area contributed by atoms with Gasteiger partial charge in [0.25, 0.3) is 0 Å². The molecule has 0 heterocycles. The maximum atomic E-state index is 11.4. The maximum absolute atomic E-state index is 11.4. The van der Waals surface area contributed by atoms with Crippen LogP contribution in [0.25, 0.3) is 0 Å². The fourth-order valence-electron chi connectivity index (χ4n) is 0.673. The molecule has 0 bridgehead atoms. The van der Waals surface area contributed by atoms with Crippen LogP contribution < -0.4 is 5.54 Å². The van der Waals surface area contributed by atoms with Crippen LogP contribution in [0.3, 0.4) is 0 Å². The second kappa shape index (κ2) is 3.20. The highest BCUT2D eigenvalue weighted by molar-refractivity contribution is 5.13. The molecule has 9 heavy (non-hydrogen) atoms. The smallest absolute Gasteiger partial charge is 0.0510 e. The summed E-state index contributed by atoms with van der Waals surface area (Å²) in [6.45, 7) is 0.292. The second-order valence-electron chi connectivity index (χ2n) is 1.80. The van der Waals surface area contributed by atoms with Gasteiger partial charge < -0.3 is 0 Å². The van der Waals surface area contributed by atoms with Gasteiger partial charge >= 0.3 is 0 Å². The zero-order chi connectivity index (χ0) is 6.53. The third-order valence-corrected chi connectivity index (χ3v) is 1.11. The van der Waals surface area contributed by atoms with E-state index in [1.54, 1.807) is 5.54 Å². The molecule has 1 rings (SSSR count). The standard InChI is InChI=1S/C7H8FN/c8-9-6-7-4-2-1-3-5-7/h1-5,9H,6H2. The minimum Gasteiger partial charge on any atom is -0.155 e. The van der Waals surface area contributed by atoms with Crippen LogP contribution in [0.1, 0.15) is 5.56 Å². The van der Waals surface area contributed by atoms with Crippen LogP contribution in [-0.2, 0) is 6.54 Å². The zero-order valence-corrected chi connectivity index (χ0v) is 4.97. The van der Waals surface area contributed by atoms with Crippen molar-refractivity contribution in [3.05, 3.63) is 35.9 Å². The van der Waals surface area contributed by atoms with Gasteiger partial charge in [-0.2, -0.15) is 5.54 Å². The van der Waals surface area contributed by atoms with Crippen LogP contribution >= 0.6 is 0 Å². The van der Waals surface area contributed by atoms with Crippen LogP contribution in [-0.4, -0.2) is 0 Å². The Kier molecular flexibility index (Phi) is 2.22. The van der Waals surface area contributed by atoms with Gasteiger partial charge in [0, 0.05) is 0 Å². The predicted molar refractivity (Wildman–Crippen MR) is 34.4 cm³/mol. The lowest BCUT2D eigenvalue weighted by Gasteiger charge is -1.93. The van der Waals surface area contributed by atoms with Gasteiger partial charge in [-0.25, -0.2) is 0 Å². The van der Waals surface area contributed by atoms with Gasteiger partial charge in [-0.3, -0.25) is 0 Å². The van der Waals surface area contributed by atoms with E-state index in [2.05, 4.69) is 0 Å². The molecule has 0 aromatic heterocycles. The van der Waals surface area contributed by atoms with E-state index in [-0.39, 0.29) is 0 Å². The molecule has 0 saturated carbocycles. The van der Waals surface area contributed by atoms with Crippen molar-refractivity contribution in [1.82, 2.24) is 5.54 Å². The predicted octanol–water partition coefficient (Wildman–Crippen LogP) is 1.66. The monoisotopic (exact) mass is 125 g/mol. The summed E-state index contributed by atoms with van der Waals surface area (Å²) >= 11 is 0.